The number of ether oxygens (including phenoxy) is 2. The quantitative estimate of drug-likeness (QED) is 0.131. The molecule has 13 nitrogen and oxygen atoms in total. The lowest BCUT2D eigenvalue weighted by Crippen LogP contribution is -2.58. The van der Waals surface area contributed by atoms with Crippen molar-refractivity contribution in [2.24, 2.45) is 5.92 Å². The Hall–Kier alpha value is -5.04. The van der Waals surface area contributed by atoms with Crippen molar-refractivity contribution in [2.75, 3.05) is 19.0 Å². The third kappa shape index (κ3) is 9.36. The van der Waals surface area contributed by atoms with Crippen molar-refractivity contribution in [2.45, 2.75) is 139 Å². The first kappa shape index (κ1) is 46.5. The first-order chi connectivity index (χ1) is 30.7. The number of hydrogen-bond donors (Lipinski definition) is 3. The second kappa shape index (κ2) is 17.6. The Balaban J connectivity index is 1.16. The smallest absolute Gasteiger partial charge is 0.419 e. The number of carbonyl (C=O) groups is 3. The fraction of sp³-hybridized carbons (Fsp3) is 0.543. The molecule has 2 aliphatic heterocycles. The average Bonchev–Trinajstić information content (AvgIpc) is 4.02. The van der Waals surface area contributed by atoms with Crippen LogP contribution in [0.3, 0.4) is 0 Å². The number of nitrogens with zero attached hydrogens (tertiary/aromatic N) is 3. The summed E-state index contributed by atoms with van der Waals surface area (Å²) in [6.07, 6.45) is -0.708. The van der Waals surface area contributed by atoms with Gasteiger partial charge in [-0.1, -0.05) is 46.0 Å². The number of fused-ring (bicyclic) bond motifs is 3. The number of rotatable bonds is 10. The monoisotopic (exact) mass is 942 g/mol. The standard InChI is InChI=1S/C46H54F4N6O7S2/c1-25(2)35-24-64-41(53-35)34-21-38(30-14-16-37(62-5)26(3)39(30)52-34)63-29-20-36-40(57)54-45(43(59)55-65(60,61)44(4)17-18-44)22-27(45)11-9-7-6-8-10-12-33(42(58)56(36)23-29)51-28-13-15-32(47)31(19-28)46(48,49)50/h13-16,19,21,24-25,27,29,33,36,51H,6-12,17-18,20,22-23H2,1-5H3,(H,54,57)(H,55,59)/t27-,29-,33+,36+,45-/m1/s1. The molecule has 0 radical (unpaired) electrons. The molecule has 2 aromatic carbocycles. The Morgan fingerprint density at radius 2 is 1.74 bits per heavy atom. The number of pyridine rings is 1. The molecule has 4 aromatic rings. The van der Waals surface area contributed by atoms with E-state index in [1.807, 2.05) is 32.2 Å². The van der Waals surface area contributed by atoms with Crippen LogP contribution in [0.25, 0.3) is 21.6 Å². The number of thiazole rings is 1. The van der Waals surface area contributed by atoms with Crippen LogP contribution in [-0.4, -0.2) is 83.1 Å². The molecule has 0 unspecified atom stereocenters. The first-order valence-corrected chi connectivity index (χ1v) is 24.5. The maximum Gasteiger partial charge on any atom is 0.419 e. The van der Waals surface area contributed by atoms with Crippen LogP contribution in [0.2, 0.25) is 0 Å². The summed E-state index contributed by atoms with van der Waals surface area (Å²) in [5.41, 5.74) is -0.406. The second-order valence-electron chi connectivity index (χ2n) is 18.5. The predicted molar refractivity (Wildman–Crippen MR) is 238 cm³/mol. The molecule has 4 fully saturated rings. The van der Waals surface area contributed by atoms with E-state index in [-0.39, 0.29) is 43.3 Å². The summed E-state index contributed by atoms with van der Waals surface area (Å²) < 4.78 is 96.1. The minimum Gasteiger partial charge on any atom is -0.496 e. The molecule has 65 heavy (non-hydrogen) atoms. The lowest BCUT2D eigenvalue weighted by molar-refractivity contribution is -0.140. The normalized spacial score (nSPS) is 24.9. The summed E-state index contributed by atoms with van der Waals surface area (Å²) in [6, 6.07) is 5.43. The number of methoxy groups -OCH3 is 1. The molecular formula is C46H54F4N6O7S2. The summed E-state index contributed by atoms with van der Waals surface area (Å²) in [6.45, 7) is 7.38. The van der Waals surface area contributed by atoms with E-state index in [0.717, 1.165) is 30.2 Å². The van der Waals surface area contributed by atoms with Crippen molar-refractivity contribution < 1.29 is 49.8 Å². The highest BCUT2D eigenvalue weighted by Gasteiger charge is 2.63. The van der Waals surface area contributed by atoms with E-state index in [9.17, 15) is 40.4 Å². The van der Waals surface area contributed by atoms with Gasteiger partial charge in [-0.3, -0.25) is 19.1 Å². The van der Waals surface area contributed by atoms with Crippen molar-refractivity contribution >= 4 is 55.7 Å². The van der Waals surface area contributed by atoms with Crippen molar-refractivity contribution in [1.29, 1.82) is 0 Å². The lowest BCUT2D eigenvalue weighted by atomic mass is 10.0. The van der Waals surface area contributed by atoms with E-state index < -0.39 is 73.8 Å². The fourth-order valence-corrected chi connectivity index (χ4v) is 11.3. The summed E-state index contributed by atoms with van der Waals surface area (Å²) in [5, 5.41) is 9.10. The third-order valence-electron chi connectivity index (χ3n) is 13.5. The highest BCUT2D eigenvalue weighted by Crippen LogP contribution is 2.49. The molecule has 0 spiro atoms. The number of nitrogens with one attached hydrogen (secondary N) is 3. The zero-order valence-corrected chi connectivity index (χ0v) is 38.6. The molecule has 2 saturated heterocycles. The number of alkyl halides is 3. The first-order valence-electron chi connectivity index (χ1n) is 22.2. The van der Waals surface area contributed by atoms with Crippen molar-refractivity contribution in [3.05, 3.63) is 64.4 Å². The number of aryl methyl sites for hydroxylation is 1. The van der Waals surface area contributed by atoms with E-state index in [1.54, 1.807) is 26.2 Å². The molecule has 4 aliphatic rings. The number of amides is 3. The van der Waals surface area contributed by atoms with Crippen LogP contribution < -0.4 is 24.8 Å². The topological polar surface area (TPSA) is 169 Å². The molecule has 2 aromatic heterocycles. The summed E-state index contributed by atoms with van der Waals surface area (Å²) >= 11 is 1.43. The summed E-state index contributed by atoms with van der Waals surface area (Å²) in [5.74, 6) is -2.77. The zero-order chi connectivity index (χ0) is 46.6. The molecule has 2 saturated carbocycles. The minimum atomic E-state index is -4.99. The molecule has 3 N–H and O–H groups in total. The highest BCUT2D eigenvalue weighted by atomic mass is 32.2. The Kier molecular flexibility index (Phi) is 12.6. The Labute approximate surface area is 379 Å². The minimum absolute atomic E-state index is 0.0547. The van der Waals surface area contributed by atoms with Crippen LogP contribution in [0.4, 0.5) is 23.2 Å². The SMILES string of the molecule is COc1ccc2c(O[C@@H]3C[C@H]4C(=O)N[C@]5(C(=O)NS(=O)(=O)C6(C)CC6)C[C@H]5CCCCCCC[C@H](Nc5ccc(F)c(C(F)(F)F)c5)C(=O)N4C3)cc(-c3nc(C(C)C)cs3)nc2c1C. The van der Waals surface area contributed by atoms with E-state index in [1.165, 1.54) is 16.2 Å². The number of halogens is 4. The second-order valence-corrected chi connectivity index (χ2v) is 21.5. The molecule has 0 bridgehead atoms. The van der Waals surface area contributed by atoms with Gasteiger partial charge in [0.05, 0.1) is 35.2 Å². The zero-order valence-electron chi connectivity index (χ0n) is 36.9. The van der Waals surface area contributed by atoms with Gasteiger partial charge in [0.15, 0.2) is 0 Å². The van der Waals surface area contributed by atoms with Crippen LogP contribution in [0.15, 0.2) is 41.8 Å². The predicted octanol–water partition coefficient (Wildman–Crippen LogP) is 8.40. The Morgan fingerprint density at radius 3 is 2.42 bits per heavy atom. The van der Waals surface area contributed by atoms with Crippen molar-refractivity contribution in [3.63, 3.8) is 0 Å². The van der Waals surface area contributed by atoms with E-state index in [0.29, 0.717) is 83.8 Å². The van der Waals surface area contributed by atoms with Gasteiger partial charge in [0.2, 0.25) is 21.8 Å². The third-order valence-corrected chi connectivity index (χ3v) is 16.5. The Morgan fingerprint density at radius 1 is 1.02 bits per heavy atom. The molecule has 350 valence electrons. The summed E-state index contributed by atoms with van der Waals surface area (Å²) in [4.78, 5) is 54.9. The Bertz CT molecular complexity index is 2620. The van der Waals surface area contributed by atoms with E-state index in [4.69, 9.17) is 19.4 Å². The van der Waals surface area contributed by atoms with Gasteiger partial charge in [-0.15, -0.1) is 11.3 Å². The van der Waals surface area contributed by atoms with Crippen LogP contribution in [0, 0.1) is 18.7 Å². The van der Waals surface area contributed by atoms with Gasteiger partial charge in [-0.25, -0.2) is 22.8 Å². The average molecular weight is 943 g/mol. The largest absolute Gasteiger partial charge is 0.496 e. The maximum atomic E-state index is 14.9. The van der Waals surface area contributed by atoms with Gasteiger partial charge >= 0.3 is 6.18 Å². The van der Waals surface area contributed by atoms with Crippen LogP contribution in [0.1, 0.15) is 114 Å². The maximum absolute atomic E-state index is 14.9. The molecule has 19 heteroatoms. The number of anilines is 1. The highest BCUT2D eigenvalue weighted by molar-refractivity contribution is 7.91. The molecule has 3 amide bonds. The fourth-order valence-electron chi connectivity index (χ4n) is 9.04. The molecule has 2 aliphatic carbocycles. The van der Waals surface area contributed by atoms with Gasteiger partial charge < -0.3 is 25.0 Å². The van der Waals surface area contributed by atoms with Gasteiger partial charge in [0.25, 0.3) is 5.91 Å². The molecular weight excluding hydrogens is 889 g/mol. The lowest BCUT2D eigenvalue weighted by Gasteiger charge is -2.30. The van der Waals surface area contributed by atoms with E-state index in [2.05, 4.69) is 15.4 Å². The number of aromatic nitrogens is 2. The van der Waals surface area contributed by atoms with Crippen LogP contribution in [-0.2, 0) is 30.6 Å². The van der Waals surface area contributed by atoms with Crippen molar-refractivity contribution in [1.82, 2.24) is 24.9 Å². The molecule has 5 atom stereocenters. The molecule has 4 heterocycles. The number of carbonyl (C=O) groups excluding carboxylic acids is 3. The number of benzene rings is 2. The van der Waals surface area contributed by atoms with Crippen molar-refractivity contribution in [3.8, 4) is 22.2 Å². The van der Waals surface area contributed by atoms with E-state index >= 15 is 0 Å². The van der Waals surface area contributed by atoms with Crippen LogP contribution in [0.5, 0.6) is 11.5 Å². The van der Waals surface area contributed by atoms with Gasteiger partial charge in [0, 0.05) is 34.5 Å². The molecule has 8 rings (SSSR count). The summed E-state index contributed by atoms with van der Waals surface area (Å²) in [7, 11) is -2.50. The van der Waals surface area contributed by atoms with Gasteiger partial charge in [-0.2, -0.15) is 13.2 Å². The van der Waals surface area contributed by atoms with Gasteiger partial charge in [0.1, 0.15) is 51.7 Å². The number of sulfonamides is 1. The number of hydrogen-bond acceptors (Lipinski definition) is 11. The van der Waals surface area contributed by atoms with Gasteiger partial charge in [-0.05, 0) is 88.1 Å². The van der Waals surface area contributed by atoms with Crippen LogP contribution >= 0.6 is 11.3 Å².